The second-order valence-electron chi connectivity index (χ2n) is 10.8. The summed E-state index contributed by atoms with van der Waals surface area (Å²) in [6.45, 7) is 5.07. The predicted octanol–water partition coefficient (Wildman–Crippen LogP) is 5.77. The average molecular weight is 537 g/mol. The molecule has 6 rings (SSSR count). The number of pyridine rings is 1. The number of carbonyl (C=O) groups is 1. The minimum absolute atomic E-state index is 0.265. The highest BCUT2D eigenvalue weighted by Crippen LogP contribution is 2.47. The topological polar surface area (TPSA) is 55.7 Å². The standard InChI is InChI=1S/C28H30BF2N3O3S/c1-14-11-16(3)33-24(14)21(25-15(2)12-17(4)34(25)29(33,30)31)10-9-20-13-22(35)32-26(28(36)37-6)18(5)38-27(32)23(20)19-7-8-19/h11-13,19H,7-10H2,1-6H3. The van der Waals surface area contributed by atoms with Crippen molar-refractivity contribution in [1.29, 1.82) is 0 Å². The Bertz CT molecular complexity index is 1730. The van der Waals surface area contributed by atoms with Gasteiger partial charge in [-0.25, -0.2) is 4.79 Å². The Kier molecular flexibility index (Phi) is 5.51. The lowest BCUT2D eigenvalue weighted by atomic mass is 9.84. The van der Waals surface area contributed by atoms with E-state index in [2.05, 4.69) is 0 Å². The van der Waals surface area contributed by atoms with Crippen LogP contribution in [0.2, 0.25) is 0 Å². The smallest absolute Gasteiger partial charge is 0.464 e. The highest BCUT2D eigenvalue weighted by Gasteiger charge is 2.54. The van der Waals surface area contributed by atoms with E-state index in [1.54, 1.807) is 19.9 Å². The molecule has 198 valence electrons. The molecule has 1 saturated carbocycles. The third-order valence-corrected chi connectivity index (χ3v) is 9.24. The van der Waals surface area contributed by atoms with Gasteiger partial charge < -0.3 is 22.3 Å². The Morgan fingerprint density at radius 3 is 2.53 bits per heavy atom. The van der Waals surface area contributed by atoms with E-state index >= 15 is 8.63 Å². The molecule has 0 N–H and O–H groups in total. The molecule has 2 aliphatic heterocycles. The number of fused-ring (bicyclic) bond motifs is 3. The van der Waals surface area contributed by atoms with E-state index in [4.69, 9.17) is 4.74 Å². The van der Waals surface area contributed by atoms with E-state index in [9.17, 15) is 9.59 Å². The number of esters is 1. The van der Waals surface area contributed by atoms with Crippen molar-refractivity contribution in [3.8, 4) is 0 Å². The molecule has 3 aromatic rings. The molecule has 1 fully saturated rings. The van der Waals surface area contributed by atoms with Crippen LogP contribution in [0.1, 0.15) is 82.5 Å². The van der Waals surface area contributed by atoms with Crippen LogP contribution >= 0.6 is 11.3 Å². The maximum Gasteiger partial charge on any atom is 0.737 e. The first-order valence-electron chi connectivity index (χ1n) is 13.0. The highest BCUT2D eigenvalue weighted by atomic mass is 32.1. The molecule has 0 saturated heterocycles. The number of ether oxygens (including phenoxy) is 1. The molecule has 6 nitrogen and oxygen atoms in total. The summed E-state index contributed by atoms with van der Waals surface area (Å²) in [5, 5.41) is 0. The molecule has 5 heterocycles. The molecule has 0 bridgehead atoms. The summed E-state index contributed by atoms with van der Waals surface area (Å²) in [5.74, 6) is -0.196. The number of methoxy groups -OCH3 is 1. The van der Waals surface area contributed by atoms with E-state index in [1.165, 1.54) is 31.8 Å². The van der Waals surface area contributed by atoms with Crippen molar-refractivity contribution in [3.63, 3.8) is 0 Å². The van der Waals surface area contributed by atoms with Gasteiger partial charge in [-0.05, 0) is 87.7 Å². The molecule has 0 atom stereocenters. The molecule has 3 aliphatic rings. The third kappa shape index (κ3) is 3.38. The second-order valence-corrected chi connectivity index (χ2v) is 12.0. The Balaban J connectivity index is 1.51. The fraction of sp³-hybridized carbons (Fsp3) is 0.393. The molecule has 0 aromatic carbocycles. The number of rotatable bonds is 5. The number of aromatic nitrogens is 2. The zero-order valence-electron chi connectivity index (χ0n) is 22.4. The number of allylic oxidation sites excluding steroid dienone is 3. The lowest BCUT2D eigenvalue weighted by Crippen LogP contribution is -2.51. The fourth-order valence-electron chi connectivity index (χ4n) is 6.59. The summed E-state index contributed by atoms with van der Waals surface area (Å²) in [6.07, 6.45) is 4.95. The number of halogens is 2. The van der Waals surface area contributed by atoms with Crippen molar-refractivity contribution >= 4 is 40.4 Å². The van der Waals surface area contributed by atoms with Gasteiger partial charge in [0.15, 0.2) is 5.70 Å². The van der Waals surface area contributed by atoms with Crippen LogP contribution in [0.25, 0.3) is 10.4 Å². The molecule has 0 radical (unpaired) electrons. The molecule has 3 aromatic heterocycles. The lowest BCUT2D eigenvalue weighted by Gasteiger charge is -2.34. The van der Waals surface area contributed by atoms with Crippen LogP contribution in [-0.4, -0.2) is 39.1 Å². The van der Waals surface area contributed by atoms with Gasteiger partial charge in [0.25, 0.3) is 5.56 Å². The molecular formula is C28H30BF2N3O3S. The number of hydrogen-bond acceptors (Lipinski definition) is 4. The first kappa shape index (κ1) is 25.0. The minimum atomic E-state index is -4.01. The normalized spacial score (nSPS) is 18.3. The molecule has 0 unspecified atom stereocenters. The Morgan fingerprint density at radius 1 is 1.16 bits per heavy atom. The fourth-order valence-corrected chi connectivity index (χ4v) is 7.83. The number of hydrogen-bond donors (Lipinski definition) is 0. The quantitative estimate of drug-likeness (QED) is 0.307. The molecule has 0 amide bonds. The number of carbonyl (C=O) groups excluding carboxylic acids is 1. The van der Waals surface area contributed by atoms with Gasteiger partial charge in [0, 0.05) is 40.8 Å². The first-order valence-corrected chi connectivity index (χ1v) is 13.8. The largest absolute Gasteiger partial charge is 0.737 e. The highest BCUT2D eigenvalue weighted by molar-refractivity contribution is 7.17. The van der Waals surface area contributed by atoms with E-state index in [-0.39, 0.29) is 11.3 Å². The molecular weight excluding hydrogens is 507 g/mol. The summed E-state index contributed by atoms with van der Waals surface area (Å²) in [6, 6.07) is 3.47. The second kappa shape index (κ2) is 8.37. The minimum Gasteiger partial charge on any atom is -0.464 e. The van der Waals surface area contributed by atoms with E-state index < -0.39 is 12.9 Å². The summed E-state index contributed by atoms with van der Waals surface area (Å²) in [4.78, 5) is 27.4. The van der Waals surface area contributed by atoms with Gasteiger partial charge in [-0.3, -0.25) is 9.20 Å². The van der Waals surface area contributed by atoms with Gasteiger partial charge in [0.2, 0.25) is 0 Å². The molecule has 0 spiro atoms. The first-order chi connectivity index (χ1) is 18.0. The third-order valence-electron chi connectivity index (χ3n) is 8.15. The van der Waals surface area contributed by atoms with Crippen molar-refractivity contribution in [2.24, 2.45) is 0 Å². The number of thiazole rings is 1. The summed E-state index contributed by atoms with van der Waals surface area (Å²) < 4.78 is 40.7. The average Bonchev–Trinajstić information content (AvgIpc) is 3.44. The summed E-state index contributed by atoms with van der Waals surface area (Å²) in [5.41, 5.74) is 6.86. The maximum absolute atomic E-state index is 15.9. The van der Waals surface area contributed by atoms with Gasteiger partial charge in [-0.15, -0.1) is 11.3 Å². The van der Waals surface area contributed by atoms with E-state index in [0.717, 1.165) is 50.4 Å². The Morgan fingerprint density at radius 2 is 1.87 bits per heavy atom. The van der Waals surface area contributed by atoms with Crippen molar-refractivity contribution in [3.05, 3.63) is 78.5 Å². The van der Waals surface area contributed by atoms with Crippen LogP contribution in [0.15, 0.2) is 34.3 Å². The SMILES string of the molecule is COC(=O)c1c(C)sc2c(C3CC3)c(CCC3=C4C(C)=CC(C)=[N+]4[B-](F)(F)n4c(C)cc(C)c43)cc(=O)n12. The van der Waals surface area contributed by atoms with Crippen molar-refractivity contribution in [2.45, 2.75) is 66.2 Å². The Labute approximate surface area is 223 Å². The van der Waals surface area contributed by atoms with Crippen molar-refractivity contribution < 1.29 is 22.6 Å². The predicted molar refractivity (Wildman–Crippen MR) is 147 cm³/mol. The molecule has 1 aliphatic carbocycles. The zero-order valence-corrected chi connectivity index (χ0v) is 23.3. The van der Waals surface area contributed by atoms with Crippen molar-refractivity contribution in [2.75, 3.05) is 7.11 Å². The number of aryl methyl sites for hydroxylation is 4. The zero-order chi connectivity index (χ0) is 27.3. The molecule has 10 heteroatoms. The van der Waals surface area contributed by atoms with E-state index in [0.29, 0.717) is 41.6 Å². The lowest BCUT2D eigenvalue weighted by molar-refractivity contribution is -0.363. The van der Waals surface area contributed by atoms with Crippen LogP contribution in [-0.2, 0) is 11.2 Å². The summed E-state index contributed by atoms with van der Waals surface area (Å²) in [7, 11) is 1.32. The molecule has 38 heavy (non-hydrogen) atoms. The van der Waals surface area contributed by atoms with Crippen LogP contribution in [0.4, 0.5) is 8.63 Å². The monoisotopic (exact) mass is 537 g/mol. The van der Waals surface area contributed by atoms with Gasteiger partial charge in [0.1, 0.15) is 16.2 Å². The number of nitrogens with zero attached hydrogens (tertiary/aromatic N) is 3. The summed E-state index contributed by atoms with van der Waals surface area (Å²) >= 11 is 1.45. The van der Waals surface area contributed by atoms with Crippen LogP contribution in [0.5, 0.6) is 0 Å². The van der Waals surface area contributed by atoms with Gasteiger partial charge in [0.05, 0.1) is 7.11 Å². The van der Waals surface area contributed by atoms with Gasteiger partial charge >= 0.3 is 12.9 Å². The van der Waals surface area contributed by atoms with Crippen molar-refractivity contribution in [1.82, 2.24) is 8.88 Å². The maximum atomic E-state index is 15.9. The van der Waals surface area contributed by atoms with E-state index in [1.807, 2.05) is 32.9 Å². The Hall–Kier alpha value is -3.27. The van der Waals surface area contributed by atoms with Crippen LogP contribution in [0.3, 0.4) is 0 Å². The van der Waals surface area contributed by atoms with Gasteiger partial charge in [-0.1, -0.05) is 0 Å². The van der Waals surface area contributed by atoms with Crippen LogP contribution in [0, 0.1) is 20.8 Å². The van der Waals surface area contributed by atoms with Gasteiger partial charge in [-0.2, -0.15) is 0 Å². The van der Waals surface area contributed by atoms with Crippen LogP contribution < -0.4 is 5.56 Å².